The molecule has 0 fully saturated rings. The van der Waals surface area contributed by atoms with Crippen molar-refractivity contribution < 1.29 is 4.74 Å². The zero-order chi connectivity index (χ0) is 12.1. The largest absolute Gasteiger partial charge is 0.437 e. The molecule has 2 rings (SSSR count). The molecule has 1 aromatic heterocycles. The van der Waals surface area contributed by atoms with Crippen LogP contribution < -0.4 is 10.1 Å². The Labute approximate surface area is 101 Å². The minimum atomic E-state index is 0.550. The van der Waals surface area contributed by atoms with Crippen molar-refractivity contribution in [3.05, 3.63) is 47.9 Å². The molecule has 0 atom stereocenters. The summed E-state index contributed by atoms with van der Waals surface area (Å²) < 4.78 is 5.69. The van der Waals surface area contributed by atoms with Crippen LogP contribution >= 0.6 is 0 Å². The summed E-state index contributed by atoms with van der Waals surface area (Å²) in [7, 11) is 1.92. The molecule has 4 nitrogen and oxygen atoms in total. The van der Waals surface area contributed by atoms with E-state index in [0.717, 1.165) is 18.0 Å². The number of nitrogens with zero attached hydrogens (tertiary/aromatic N) is 2. The van der Waals surface area contributed by atoms with E-state index in [-0.39, 0.29) is 0 Å². The first-order chi connectivity index (χ1) is 8.29. The van der Waals surface area contributed by atoms with Gasteiger partial charge in [-0.05, 0) is 31.7 Å². The van der Waals surface area contributed by atoms with Crippen LogP contribution in [0, 0.1) is 6.92 Å². The van der Waals surface area contributed by atoms with Crippen LogP contribution in [0.1, 0.15) is 11.3 Å². The molecule has 2 aromatic rings. The van der Waals surface area contributed by atoms with Gasteiger partial charge in [0.1, 0.15) is 5.75 Å². The van der Waals surface area contributed by atoms with Gasteiger partial charge in [0.25, 0.3) is 0 Å². The molecule has 1 aromatic carbocycles. The molecule has 0 amide bonds. The Morgan fingerprint density at radius 1 is 1.24 bits per heavy atom. The van der Waals surface area contributed by atoms with Crippen molar-refractivity contribution in [2.75, 3.05) is 7.05 Å². The number of hydrogen-bond donors (Lipinski definition) is 1. The quantitative estimate of drug-likeness (QED) is 0.873. The second kappa shape index (κ2) is 5.41. The van der Waals surface area contributed by atoms with Gasteiger partial charge in [0, 0.05) is 18.9 Å². The van der Waals surface area contributed by atoms with Crippen LogP contribution in [0.2, 0.25) is 0 Å². The Hall–Kier alpha value is -1.94. The standard InChI is InChI=1S/C13H15N3O/c1-10-13(16-7-6-15-10)17-12-5-3-4-11(8-12)9-14-2/h3-8,14H,9H2,1-2H3. The van der Waals surface area contributed by atoms with Crippen LogP contribution in [0.4, 0.5) is 0 Å². The maximum absolute atomic E-state index is 5.69. The number of ether oxygens (including phenoxy) is 1. The van der Waals surface area contributed by atoms with Gasteiger partial charge in [0.2, 0.25) is 5.88 Å². The van der Waals surface area contributed by atoms with Crippen molar-refractivity contribution in [2.24, 2.45) is 0 Å². The van der Waals surface area contributed by atoms with Gasteiger partial charge in [0.05, 0.1) is 5.69 Å². The summed E-state index contributed by atoms with van der Waals surface area (Å²) in [5.41, 5.74) is 1.96. The van der Waals surface area contributed by atoms with Gasteiger partial charge < -0.3 is 10.1 Å². The average molecular weight is 229 g/mol. The summed E-state index contributed by atoms with van der Waals surface area (Å²) in [5.74, 6) is 1.33. The Bertz CT molecular complexity index is 500. The number of rotatable bonds is 4. The zero-order valence-electron chi connectivity index (χ0n) is 9.97. The van der Waals surface area contributed by atoms with Gasteiger partial charge in [-0.2, -0.15) is 0 Å². The van der Waals surface area contributed by atoms with Crippen molar-refractivity contribution in [1.82, 2.24) is 15.3 Å². The molecule has 88 valence electrons. The fourth-order valence-corrected chi connectivity index (χ4v) is 1.53. The zero-order valence-corrected chi connectivity index (χ0v) is 9.97. The van der Waals surface area contributed by atoms with Gasteiger partial charge in [-0.15, -0.1) is 0 Å². The smallest absolute Gasteiger partial charge is 0.240 e. The lowest BCUT2D eigenvalue weighted by Crippen LogP contribution is -2.04. The van der Waals surface area contributed by atoms with E-state index < -0.39 is 0 Å². The van der Waals surface area contributed by atoms with E-state index in [2.05, 4.69) is 15.3 Å². The predicted molar refractivity (Wildman–Crippen MR) is 66.0 cm³/mol. The predicted octanol–water partition coefficient (Wildman–Crippen LogP) is 2.30. The van der Waals surface area contributed by atoms with Gasteiger partial charge in [0.15, 0.2) is 0 Å². The highest BCUT2D eigenvalue weighted by Crippen LogP contribution is 2.21. The molecule has 17 heavy (non-hydrogen) atoms. The number of nitrogens with one attached hydrogen (secondary N) is 1. The van der Waals surface area contributed by atoms with Gasteiger partial charge >= 0.3 is 0 Å². The second-order valence-corrected chi connectivity index (χ2v) is 3.73. The lowest BCUT2D eigenvalue weighted by molar-refractivity contribution is 0.454. The topological polar surface area (TPSA) is 47.0 Å². The fourth-order valence-electron chi connectivity index (χ4n) is 1.53. The third-order valence-corrected chi connectivity index (χ3v) is 2.33. The van der Waals surface area contributed by atoms with E-state index in [9.17, 15) is 0 Å². The first kappa shape index (κ1) is 11.5. The van der Waals surface area contributed by atoms with E-state index in [4.69, 9.17) is 4.74 Å². The highest BCUT2D eigenvalue weighted by molar-refractivity contribution is 5.32. The monoisotopic (exact) mass is 229 g/mol. The van der Waals surface area contributed by atoms with Crippen LogP contribution in [-0.2, 0) is 6.54 Å². The molecule has 1 heterocycles. The van der Waals surface area contributed by atoms with E-state index in [1.54, 1.807) is 12.4 Å². The molecule has 0 unspecified atom stereocenters. The van der Waals surface area contributed by atoms with Crippen LogP contribution in [0.3, 0.4) is 0 Å². The summed E-state index contributed by atoms with van der Waals surface area (Å²) in [5, 5.41) is 3.10. The molecule has 0 saturated heterocycles. The second-order valence-electron chi connectivity index (χ2n) is 3.73. The van der Waals surface area contributed by atoms with E-state index in [1.807, 2.05) is 38.2 Å². The minimum Gasteiger partial charge on any atom is -0.437 e. The normalized spacial score (nSPS) is 10.2. The van der Waals surface area contributed by atoms with Crippen LogP contribution in [0.15, 0.2) is 36.7 Å². The summed E-state index contributed by atoms with van der Waals surface area (Å²) in [6.45, 7) is 2.69. The maximum Gasteiger partial charge on any atom is 0.240 e. The molecule has 0 aliphatic heterocycles. The molecule has 0 aliphatic rings. The summed E-state index contributed by atoms with van der Waals surface area (Å²) >= 11 is 0. The van der Waals surface area contributed by atoms with E-state index in [0.29, 0.717) is 5.88 Å². The Morgan fingerprint density at radius 2 is 2.06 bits per heavy atom. The number of benzene rings is 1. The minimum absolute atomic E-state index is 0.550. The molecule has 0 saturated carbocycles. The Kier molecular flexibility index (Phi) is 3.67. The van der Waals surface area contributed by atoms with Crippen LogP contribution in [0.5, 0.6) is 11.6 Å². The fraction of sp³-hybridized carbons (Fsp3) is 0.231. The van der Waals surface area contributed by atoms with Gasteiger partial charge in [-0.1, -0.05) is 12.1 Å². The number of hydrogen-bond acceptors (Lipinski definition) is 4. The van der Waals surface area contributed by atoms with Crippen molar-refractivity contribution >= 4 is 0 Å². The van der Waals surface area contributed by atoms with E-state index in [1.165, 1.54) is 5.56 Å². The van der Waals surface area contributed by atoms with Crippen molar-refractivity contribution in [2.45, 2.75) is 13.5 Å². The van der Waals surface area contributed by atoms with Crippen LogP contribution in [0.25, 0.3) is 0 Å². The molecule has 4 heteroatoms. The molecule has 0 spiro atoms. The number of aromatic nitrogens is 2. The molecule has 0 bridgehead atoms. The summed E-state index contributed by atoms with van der Waals surface area (Å²) in [4.78, 5) is 8.28. The van der Waals surface area contributed by atoms with Crippen molar-refractivity contribution in [3.63, 3.8) is 0 Å². The summed E-state index contributed by atoms with van der Waals surface area (Å²) in [6, 6.07) is 7.92. The maximum atomic E-state index is 5.69. The van der Waals surface area contributed by atoms with E-state index >= 15 is 0 Å². The van der Waals surface area contributed by atoms with Crippen molar-refractivity contribution in [1.29, 1.82) is 0 Å². The lowest BCUT2D eigenvalue weighted by Gasteiger charge is -2.07. The van der Waals surface area contributed by atoms with Crippen LogP contribution in [-0.4, -0.2) is 17.0 Å². The molecule has 1 N–H and O–H groups in total. The first-order valence-electron chi connectivity index (χ1n) is 5.48. The molecule has 0 aliphatic carbocycles. The number of aryl methyl sites for hydroxylation is 1. The lowest BCUT2D eigenvalue weighted by atomic mass is 10.2. The third-order valence-electron chi connectivity index (χ3n) is 2.33. The Balaban J connectivity index is 2.18. The first-order valence-corrected chi connectivity index (χ1v) is 5.48. The SMILES string of the molecule is CNCc1cccc(Oc2nccnc2C)c1. The van der Waals surface area contributed by atoms with Gasteiger partial charge in [-0.25, -0.2) is 4.98 Å². The highest BCUT2D eigenvalue weighted by atomic mass is 16.5. The van der Waals surface area contributed by atoms with Crippen molar-refractivity contribution in [3.8, 4) is 11.6 Å². The Morgan fingerprint density at radius 3 is 2.82 bits per heavy atom. The molecule has 0 radical (unpaired) electrons. The third kappa shape index (κ3) is 3.01. The molecular formula is C13H15N3O. The molecular weight excluding hydrogens is 214 g/mol. The average Bonchev–Trinajstić information content (AvgIpc) is 2.33. The summed E-state index contributed by atoms with van der Waals surface area (Å²) in [6.07, 6.45) is 3.28. The highest BCUT2D eigenvalue weighted by Gasteiger charge is 2.03. The van der Waals surface area contributed by atoms with Gasteiger partial charge in [-0.3, -0.25) is 4.98 Å².